The predicted molar refractivity (Wildman–Crippen MR) is 65.5 cm³/mol. The highest BCUT2D eigenvalue weighted by atomic mass is 16.3. The topological polar surface area (TPSA) is 35.5 Å². The zero-order valence-corrected chi connectivity index (χ0v) is 9.86. The van der Waals surface area contributed by atoms with Gasteiger partial charge in [0.15, 0.2) is 0 Å². The number of aliphatic hydroxyl groups is 1. The quantitative estimate of drug-likeness (QED) is 0.793. The number of benzene rings is 1. The lowest BCUT2D eigenvalue weighted by Gasteiger charge is -2.19. The van der Waals surface area contributed by atoms with Crippen LogP contribution >= 0.6 is 0 Å². The Bertz CT molecular complexity index is 310. The van der Waals surface area contributed by atoms with Crippen molar-refractivity contribution in [3.8, 4) is 0 Å². The molecular formula is C12H20N2O. The first-order valence-electron chi connectivity index (χ1n) is 5.22. The van der Waals surface area contributed by atoms with Gasteiger partial charge in [-0.25, -0.2) is 0 Å². The smallest absolute Gasteiger partial charge is 0.0710 e. The average molecular weight is 208 g/mol. The highest BCUT2D eigenvalue weighted by Crippen LogP contribution is 2.18. The fourth-order valence-corrected chi connectivity index (χ4v) is 1.26. The van der Waals surface area contributed by atoms with E-state index in [1.54, 1.807) is 6.92 Å². The molecule has 2 unspecified atom stereocenters. The molecule has 2 atom stereocenters. The Kier molecular flexibility index (Phi) is 3.97. The number of nitrogens with zero attached hydrogens (tertiary/aromatic N) is 1. The summed E-state index contributed by atoms with van der Waals surface area (Å²) in [7, 11) is 4.02. The summed E-state index contributed by atoms with van der Waals surface area (Å²) in [5.74, 6) is 0. The molecule has 0 spiro atoms. The van der Waals surface area contributed by atoms with E-state index in [0.29, 0.717) is 0 Å². The Balaban J connectivity index is 2.73. The second kappa shape index (κ2) is 5.03. The predicted octanol–water partition coefficient (Wildman–Crippen LogP) is 1.93. The maximum Gasteiger partial charge on any atom is 0.0710 e. The molecule has 0 aliphatic carbocycles. The Morgan fingerprint density at radius 3 is 2.47 bits per heavy atom. The van der Waals surface area contributed by atoms with Gasteiger partial charge in [0.05, 0.1) is 6.10 Å². The molecule has 0 amide bonds. The molecule has 0 aliphatic rings. The fraction of sp³-hybridized carbons (Fsp3) is 0.500. The van der Waals surface area contributed by atoms with Gasteiger partial charge in [0.25, 0.3) is 0 Å². The minimum absolute atomic E-state index is 0.0578. The third-order valence-corrected chi connectivity index (χ3v) is 2.48. The highest BCUT2D eigenvalue weighted by molar-refractivity contribution is 5.57. The van der Waals surface area contributed by atoms with Gasteiger partial charge in [0.2, 0.25) is 0 Å². The summed E-state index contributed by atoms with van der Waals surface area (Å²) in [6.45, 7) is 3.75. The molecule has 84 valence electrons. The molecule has 0 saturated heterocycles. The van der Waals surface area contributed by atoms with Gasteiger partial charge in [-0.3, -0.25) is 0 Å². The summed E-state index contributed by atoms with van der Waals surface area (Å²) in [6, 6.07) is 8.19. The van der Waals surface area contributed by atoms with Crippen LogP contribution in [0, 0.1) is 0 Å². The Morgan fingerprint density at radius 1 is 1.27 bits per heavy atom. The van der Waals surface area contributed by atoms with Gasteiger partial charge in [0.1, 0.15) is 0 Å². The molecule has 0 aliphatic heterocycles. The molecule has 1 aromatic rings. The fourth-order valence-electron chi connectivity index (χ4n) is 1.26. The van der Waals surface area contributed by atoms with Gasteiger partial charge in [-0.2, -0.15) is 0 Å². The van der Waals surface area contributed by atoms with E-state index in [0.717, 1.165) is 11.4 Å². The SMILES string of the molecule is CC(O)C(C)Nc1cccc(N(C)C)c1. The number of rotatable bonds is 4. The lowest BCUT2D eigenvalue weighted by atomic mass is 10.2. The summed E-state index contributed by atoms with van der Waals surface area (Å²) in [6.07, 6.45) is -0.354. The first-order chi connectivity index (χ1) is 7.00. The molecule has 0 fully saturated rings. The zero-order chi connectivity index (χ0) is 11.4. The molecule has 2 N–H and O–H groups in total. The van der Waals surface area contributed by atoms with Crippen molar-refractivity contribution in [3.63, 3.8) is 0 Å². The first-order valence-corrected chi connectivity index (χ1v) is 5.22. The van der Waals surface area contributed by atoms with E-state index in [2.05, 4.69) is 22.3 Å². The van der Waals surface area contributed by atoms with Crippen LogP contribution in [-0.2, 0) is 0 Å². The lowest BCUT2D eigenvalue weighted by molar-refractivity contribution is 0.178. The van der Waals surface area contributed by atoms with E-state index in [-0.39, 0.29) is 12.1 Å². The number of aliphatic hydroxyl groups excluding tert-OH is 1. The molecule has 0 bridgehead atoms. The lowest BCUT2D eigenvalue weighted by Crippen LogP contribution is -2.27. The standard InChI is InChI=1S/C12H20N2O/c1-9(10(2)15)13-11-6-5-7-12(8-11)14(3)4/h5-10,13,15H,1-4H3. The third kappa shape index (κ3) is 3.44. The van der Waals surface area contributed by atoms with Gasteiger partial charge >= 0.3 is 0 Å². The van der Waals surface area contributed by atoms with Crippen LogP contribution in [0.5, 0.6) is 0 Å². The normalized spacial score (nSPS) is 14.5. The van der Waals surface area contributed by atoms with Crippen molar-refractivity contribution in [1.29, 1.82) is 0 Å². The van der Waals surface area contributed by atoms with Crippen LogP contribution < -0.4 is 10.2 Å². The number of nitrogens with one attached hydrogen (secondary N) is 1. The molecule has 1 aromatic carbocycles. The van der Waals surface area contributed by atoms with Gasteiger partial charge in [-0.1, -0.05) is 6.07 Å². The van der Waals surface area contributed by atoms with Crippen LogP contribution in [-0.4, -0.2) is 31.3 Å². The summed E-state index contributed by atoms with van der Waals surface area (Å²) in [4.78, 5) is 2.05. The van der Waals surface area contributed by atoms with Crippen molar-refractivity contribution in [2.45, 2.75) is 26.0 Å². The molecule has 1 rings (SSSR count). The van der Waals surface area contributed by atoms with Crippen molar-refractivity contribution in [3.05, 3.63) is 24.3 Å². The summed E-state index contributed by atoms with van der Waals surface area (Å²) < 4.78 is 0. The summed E-state index contributed by atoms with van der Waals surface area (Å²) in [5, 5.41) is 12.6. The van der Waals surface area contributed by atoms with Crippen LogP contribution in [0.15, 0.2) is 24.3 Å². The van der Waals surface area contributed by atoms with Crippen LogP contribution in [0.25, 0.3) is 0 Å². The third-order valence-electron chi connectivity index (χ3n) is 2.48. The van der Waals surface area contributed by atoms with Crippen molar-refractivity contribution in [1.82, 2.24) is 0 Å². The van der Waals surface area contributed by atoms with E-state index in [1.807, 2.05) is 33.2 Å². The van der Waals surface area contributed by atoms with Crippen molar-refractivity contribution >= 4 is 11.4 Å². The molecule has 3 nitrogen and oxygen atoms in total. The molecule has 15 heavy (non-hydrogen) atoms. The molecule has 3 heteroatoms. The van der Waals surface area contributed by atoms with Gasteiger partial charge in [-0.15, -0.1) is 0 Å². The Morgan fingerprint density at radius 2 is 1.93 bits per heavy atom. The molecular weight excluding hydrogens is 188 g/mol. The van der Waals surface area contributed by atoms with E-state index in [9.17, 15) is 5.11 Å². The zero-order valence-electron chi connectivity index (χ0n) is 9.86. The minimum Gasteiger partial charge on any atom is -0.391 e. The van der Waals surface area contributed by atoms with E-state index in [1.165, 1.54) is 0 Å². The van der Waals surface area contributed by atoms with Crippen molar-refractivity contribution in [2.75, 3.05) is 24.3 Å². The second-order valence-electron chi connectivity index (χ2n) is 4.12. The van der Waals surface area contributed by atoms with Crippen molar-refractivity contribution < 1.29 is 5.11 Å². The summed E-state index contributed by atoms with van der Waals surface area (Å²) in [5.41, 5.74) is 2.19. The van der Waals surface area contributed by atoms with Crippen molar-refractivity contribution in [2.24, 2.45) is 0 Å². The number of hydrogen-bond acceptors (Lipinski definition) is 3. The minimum atomic E-state index is -0.354. The van der Waals surface area contributed by atoms with Gasteiger partial charge in [-0.05, 0) is 32.0 Å². The summed E-state index contributed by atoms with van der Waals surface area (Å²) >= 11 is 0. The molecule has 0 aromatic heterocycles. The molecule has 0 saturated carbocycles. The van der Waals surface area contributed by atoms with E-state index in [4.69, 9.17) is 0 Å². The Hall–Kier alpha value is -1.22. The Labute approximate surface area is 91.7 Å². The average Bonchev–Trinajstić information content (AvgIpc) is 2.18. The van der Waals surface area contributed by atoms with Crippen LogP contribution in [0.4, 0.5) is 11.4 Å². The van der Waals surface area contributed by atoms with Crippen LogP contribution in [0.2, 0.25) is 0 Å². The largest absolute Gasteiger partial charge is 0.391 e. The van der Waals surface area contributed by atoms with E-state index >= 15 is 0 Å². The second-order valence-corrected chi connectivity index (χ2v) is 4.12. The van der Waals surface area contributed by atoms with Crippen LogP contribution in [0.1, 0.15) is 13.8 Å². The molecule has 0 heterocycles. The number of anilines is 2. The van der Waals surface area contributed by atoms with E-state index < -0.39 is 0 Å². The van der Waals surface area contributed by atoms with Gasteiger partial charge < -0.3 is 15.3 Å². The molecule has 0 radical (unpaired) electrons. The van der Waals surface area contributed by atoms with Gasteiger partial charge in [0, 0.05) is 31.5 Å². The van der Waals surface area contributed by atoms with Crippen LogP contribution in [0.3, 0.4) is 0 Å². The maximum absolute atomic E-state index is 9.39. The number of hydrogen-bond donors (Lipinski definition) is 2. The highest BCUT2D eigenvalue weighted by Gasteiger charge is 2.08. The maximum atomic E-state index is 9.39. The first kappa shape index (κ1) is 11.9. The monoisotopic (exact) mass is 208 g/mol.